The maximum Gasteiger partial charge on any atom is 0.194 e. The van der Waals surface area contributed by atoms with E-state index in [4.69, 9.17) is 0 Å². The molecule has 0 fully saturated rings. The average molecular weight is 322 g/mol. The third kappa shape index (κ3) is 2.32. The fraction of sp³-hybridized carbons (Fsp3) is 0.0714. The van der Waals surface area contributed by atoms with Crippen molar-refractivity contribution in [2.45, 2.75) is 6.92 Å². The molecule has 2 aromatic carbocycles. The number of carbonyl (C=O) groups excluding carboxylic acids is 1. The fourth-order valence-corrected chi connectivity index (χ4v) is 2.47. The molecule has 0 radical (unpaired) electrons. The molecule has 0 N–H and O–H groups in total. The van der Waals surface area contributed by atoms with Crippen LogP contribution in [0.5, 0.6) is 0 Å². The van der Waals surface area contributed by atoms with E-state index < -0.39 is 0 Å². The summed E-state index contributed by atoms with van der Waals surface area (Å²) in [5, 5.41) is 0. The van der Waals surface area contributed by atoms with Crippen LogP contribution in [0.25, 0.3) is 0 Å². The highest BCUT2D eigenvalue weighted by molar-refractivity contribution is 14.1. The van der Waals surface area contributed by atoms with Crippen molar-refractivity contribution in [1.29, 1.82) is 0 Å². The first-order chi connectivity index (χ1) is 7.68. The summed E-state index contributed by atoms with van der Waals surface area (Å²) in [7, 11) is 0. The van der Waals surface area contributed by atoms with Crippen LogP contribution in [0.15, 0.2) is 48.5 Å². The number of aryl methyl sites for hydroxylation is 1. The maximum absolute atomic E-state index is 12.2. The first-order valence-corrected chi connectivity index (χ1v) is 6.12. The van der Waals surface area contributed by atoms with Gasteiger partial charge in [0.25, 0.3) is 0 Å². The molecule has 0 bridgehead atoms. The van der Waals surface area contributed by atoms with Crippen molar-refractivity contribution in [3.05, 3.63) is 68.8 Å². The second-order valence-electron chi connectivity index (χ2n) is 3.68. The van der Waals surface area contributed by atoms with Crippen molar-refractivity contribution < 1.29 is 4.79 Å². The Morgan fingerprint density at radius 2 is 1.75 bits per heavy atom. The Labute approximate surface area is 109 Å². The quantitative estimate of drug-likeness (QED) is 0.607. The Hall–Kier alpha value is -1.16. The molecule has 0 atom stereocenters. The maximum atomic E-state index is 12.2. The van der Waals surface area contributed by atoms with Crippen molar-refractivity contribution >= 4 is 28.4 Å². The third-order valence-corrected chi connectivity index (χ3v) is 3.30. The summed E-state index contributed by atoms with van der Waals surface area (Å²) in [6.07, 6.45) is 0. The number of halogens is 1. The zero-order chi connectivity index (χ0) is 11.5. The Kier molecular flexibility index (Phi) is 3.39. The standard InChI is InChI=1S/C14H11IO/c1-10-7-8-12(13(15)9-10)14(16)11-5-3-2-4-6-11/h2-9H,1H3. The van der Waals surface area contributed by atoms with Gasteiger partial charge in [0.05, 0.1) is 0 Å². The van der Waals surface area contributed by atoms with E-state index in [1.165, 1.54) is 5.56 Å². The lowest BCUT2D eigenvalue weighted by Gasteiger charge is -2.04. The molecule has 0 aliphatic carbocycles. The van der Waals surface area contributed by atoms with Crippen LogP contribution in [-0.4, -0.2) is 5.78 Å². The fourth-order valence-electron chi connectivity index (χ4n) is 1.55. The molecule has 0 amide bonds. The number of rotatable bonds is 2. The molecule has 0 unspecified atom stereocenters. The highest BCUT2D eigenvalue weighted by atomic mass is 127. The summed E-state index contributed by atoms with van der Waals surface area (Å²) in [5.74, 6) is 0.0880. The zero-order valence-electron chi connectivity index (χ0n) is 8.91. The molecular weight excluding hydrogens is 311 g/mol. The first kappa shape index (κ1) is 11.3. The minimum absolute atomic E-state index is 0.0880. The summed E-state index contributed by atoms with van der Waals surface area (Å²) in [5.41, 5.74) is 2.69. The molecule has 2 rings (SSSR count). The average Bonchev–Trinajstić information content (AvgIpc) is 2.29. The molecule has 2 aromatic rings. The van der Waals surface area contributed by atoms with E-state index in [0.717, 1.165) is 14.7 Å². The molecular formula is C14H11IO. The summed E-state index contributed by atoms with van der Waals surface area (Å²) >= 11 is 2.21. The number of ketones is 1. The molecule has 0 aliphatic rings. The van der Waals surface area contributed by atoms with Crippen molar-refractivity contribution in [2.24, 2.45) is 0 Å². The van der Waals surface area contributed by atoms with Crippen LogP contribution >= 0.6 is 22.6 Å². The molecule has 0 spiro atoms. The summed E-state index contributed by atoms with van der Waals surface area (Å²) in [6.45, 7) is 2.03. The smallest absolute Gasteiger partial charge is 0.194 e. The minimum atomic E-state index is 0.0880. The lowest BCUT2D eigenvalue weighted by Crippen LogP contribution is -2.03. The normalized spacial score (nSPS) is 10.1. The molecule has 16 heavy (non-hydrogen) atoms. The summed E-state index contributed by atoms with van der Waals surface area (Å²) in [6, 6.07) is 15.3. The van der Waals surface area contributed by atoms with E-state index >= 15 is 0 Å². The van der Waals surface area contributed by atoms with E-state index in [1.54, 1.807) is 0 Å². The Bertz CT molecular complexity index is 518. The van der Waals surface area contributed by atoms with Crippen LogP contribution < -0.4 is 0 Å². The van der Waals surface area contributed by atoms with Gasteiger partial charge in [-0.3, -0.25) is 4.79 Å². The van der Waals surface area contributed by atoms with Gasteiger partial charge in [0.1, 0.15) is 0 Å². The molecule has 1 nitrogen and oxygen atoms in total. The second kappa shape index (κ2) is 4.78. The zero-order valence-corrected chi connectivity index (χ0v) is 11.1. The molecule has 0 saturated heterocycles. The van der Waals surface area contributed by atoms with Crippen molar-refractivity contribution in [3.63, 3.8) is 0 Å². The van der Waals surface area contributed by atoms with Gasteiger partial charge in [0, 0.05) is 14.7 Å². The van der Waals surface area contributed by atoms with Crippen molar-refractivity contribution in [1.82, 2.24) is 0 Å². The van der Waals surface area contributed by atoms with Crippen LogP contribution in [0, 0.1) is 10.5 Å². The van der Waals surface area contributed by atoms with Gasteiger partial charge >= 0.3 is 0 Å². The van der Waals surface area contributed by atoms with E-state index in [1.807, 2.05) is 55.5 Å². The van der Waals surface area contributed by atoms with E-state index in [2.05, 4.69) is 22.6 Å². The van der Waals surface area contributed by atoms with Crippen LogP contribution in [0.4, 0.5) is 0 Å². The molecule has 0 saturated carbocycles. The molecule has 0 aliphatic heterocycles. The van der Waals surface area contributed by atoms with Crippen LogP contribution in [0.1, 0.15) is 21.5 Å². The molecule has 0 aromatic heterocycles. The Morgan fingerprint density at radius 3 is 2.38 bits per heavy atom. The number of hydrogen-bond acceptors (Lipinski definition) is 1. The summed E-state index contributed by atoms with van der Waals surface area (Å²) in [4.78, 5) is 12.2. The van der Waals surface area contributed by atoms with Gasteiger partial charge in [-0.15, -0.1) is 0 Å². The predicted octanol–water partition coefficient (Wildman–Crippen LogP) is 3.83. The third-order valence-electron chi connectivity index (χ3n) is 2.41. The minimum Gasteiger partial charge on any atom is -0.289 e. The number of benzene rings is 2. The summed E-state index contributed by atoms with van der Waals surface area (Å²) < 4.78 is 1.01. The highest BCUT2D eigenvalue weighted by Crippen LogP contribution is 2.18. The van der Waals surface area contributed by atoms with Crippen molar-refractivity contribution in [2.75, 3.05) is 0 Å². The van der Waals surface area contributed by atoms with Gasteiger partial charge in [0.15, 0.2) is 5.78 Å². The monoisotopic (exact) mass is 322 g/mol. The van der Waals surface area contributed by atoms with Gasteiger partial charge in [-0.05, 0) is 41.6 Å². The highest BCUT2D eigenvalue weighted by Gasteiger charge is 2.11. The van der Waals surface area contributed by atoms with Crippen LogP contribution in [-0.2, 0) is 0 Å². The molecule has 0 heterocycles. The van der Waals surface area contributed by atoms with Gasteiger partial charge in [-0.25, -0.2) is 0 Å². The SMILES string of the molecule is Cc1ccc(C(=O)c2ccccc2)c(I)c1. The van der Waals surface area contributed by atoms with E-state index in [-0.39, 0.29) is 5.78 Å². The first-order valence-electron chi connectivity index (χ1n) is 5.04. The van der Waals surface area contributed by atoms with Gasteiger partial charge < -0.3 is 0 Å². The largest absolute Gasteiger partial charge is 0.289 e. The lowest BCUT2D eigenvalue weighted by atomic mass is 10.0. The Balaban J connectivity index is 2.42. The number of carbonyl (C=O) groups is 1. The molecule has 2 heteroatoms. The van der Waals surface area contributed by atoms with E-state index in [9.17, 15) is 4.79 Å². The van der Waals surface area contributed by atoms with E-state index in [0.29, 0.717) is 0 Å². The lowest BCUT2D eigenvalue weighted by molar-refractivity contribution is 0.103. The topological polar surface area (TPSA) is 17.1 Å². The van der Waals surface area contributed by atoms with Crippen LogP contribution in [0.3, 0.4) is 0 Å². The van der Waals surface area contributed by atoms with Crippen molar-refractivity contribution in [3.8, 4) is 0 Å². The van der Waals surface area contributed by atoms with Crippen LogP contribution in [0.2, 0.25) is 0 Å². The predicted molar refractivity (Wildman–Crippen MR) is 73.8 cm³/mol. The number of hydrogen-bond donors (Lipinski definition) is 0. The van der Waals surface area contributed by atoms with Gasteiger partial charge in [-0.2, -0.15) is 0 Å². The van der Waals surface area contributed by atoms with Gasteiger partial charge in [-0.1, -0.05) is 42.0 Å². The molecule has 80 valence electrons. The Morgan fingerprint density at radius 1 is 1.06 bits per heavy atom. The van der Waals surface area contributed by atoms with Gasteiger partial charge in [0.2, 0.25) is 0 Å². The second-order valence-corrected chi connectivity index (χ2v) is 4.84.